The van der Waals surface area contributed by atoms with E-state index in [1.807, 2.05) is 10.9 Å². The Morgan fingerprint density at radius 2 is 2.07 bits per heavy atom. The second-order valence-electron chi connectivity index (χ2n) is 12.8. The Kier molecular flexibility index (Phi) is 9.92. The molecule has 1 aliphatic heterocycles. The molecule has 1 aliphatic rings. The quantitative estimate of drug-likeness (QED) is 0.200. The number of halogens is 2. The average Bonchev–Trinajstić information content (AvgIpc) is 3.46. The molecule has 0 saturated carbocycles. The topological polar surface area (TPSA) is 118 Å². The number of fused-ring (bicyclic) bond motifs is 1. The Balaban J connectivity index is 1.72. The lowest BCUT2D eigenvalue weighted by Gasteiger charge is -2.39. The number of rotatable bonds is 13. The van der Waals surface area contributed by atoms with E-state index in [1.165, 1.54) is 18.3 Å². The van der Waals surface area contributed by atoms with Crippen molar-refractivity contribution in [3.05, 3.63) is 47.4 Å². The van der Waals surface area contributed by atoms with Gasteiger partial charge in [0, 0.05) is 49.5 Å². The lowest BCUT2D eigenvalue weighted by atomic mass is 9.83. The van der Waals surface area contributed by atoms with Gasteiger partial charge in [-0.3, -0.25) is 4.68 Å². The summed E-state index contributed by atoms with van der Waals surface area (Å²) >= 11 is 0. The number of carbonyl (C=O) groups excluding carboxylic acids is 1. The van der Waals surface area contributed by atoms with Crippen molar-refractivity contribution in [2.45, 2.75) is 70.6 Å². The molecule has 233 valence electrons. The van der Waals surface area contributed by atoms with Crippen LogP contribution in [-0.2, 0) is 32.3 Å². The third-order valence-corrected chi connectivity index (χ3v) is 13.0. The number of ether oxygens (including phenoxy) is 1. The molecule has 0 spiro atoms. The van der Waals surface area contributed by atoms with Crippen LogP contribution in [0, 0.1) is 11.3 Å². The number of alkyl halides is 2. The van der Waals surface area contributed by atoms with Crippen LogP contribution in [0.5, 0.6) is 0 Å². The van der Waals surface area contributed by atoms with Crippen LogP contribution in [-0.4, -0.2) is 75.0 Å². The maximum absolute atomic E-state index is 13.1. The number of benzene rings is 1. The molecule has 44 heavy (non-hydrogen) atoms. The van der Waals surface area contributed by atoms with E-state index in [9.17, 15) is 18.8 Å². The van der Waals surface area contributed by atoms with Crippen molar-refractivity contribution < 1.29 is 22.7 Å². The van der Waals surface area contributed by atoms with Crippen molar-refractivity contribution in [1.82, 2.24) is 19.7 Å². The first-order valence-electron chi connectivity index (χ1n) is 14.4. The minimum atomic E-state index is -2.56. The molecule has 2 aromatic heterocycles. The van der Waals surface area contributed by atoms with Gasteiger partial charge in [0.15, 0.2) is 8.32 Å². The molecule has 0 unspecified atom stereocenters. The third kappa shape index (κ3) is 7.00. The summed E-state index contributed by atoms with van der Waals surface area (Å²) in [5.41, 5.74) is 3.80. The highest BCUT2D eigenvalue weighted by molar-refractivity contribution is 6.74. The zero-order chi connectivity index (χ0) is 32.3. The number of hydrogen-bond donors (Lipinski definition) is 1. The van der Waals surface area contributed by atoms with E-state index >= 15 is 0 Å². The van der Waals surface area contributed by atoms with Gasteiger partial charge in [-0.15, -0.1) is 0 Å². The highest BCUT2D eigenvalue weighted by atomic mass is 28.4. The Hall–Kier alpha value is -3.67. The number of nitrogens with zero attached hydrogens (tertiary/aromatic N) is 6. The second-order valence-corrected chi connectivity index (χ2v) is 17.6. The molecule has 1 aromatic carbocycles. The van der Waals surface area contributed by atoms with Crippen LogP contribution < -0.4 is 10.1 Å². The number of nitriles is 1. The van der Waals surface area contributed by atoms with Crippen molar-refractivity contribution in [2.24, 2.45) is 0 Å². The fourth-order valence-corrected chi connectivity index (χ4v) is 6.14. The molecule has 0 aliphatic carbocycles. The SMILES string of the molecule is COCCc1c(Nc2nccc(-c3cc(C#N)c4c(c3)[C@@](C)(CO[Si](C)(C)C(C)(C)C)CN4[B]C=O)n2)cnn1CC(F)F. The van der Waals surface area contributed by atoms with E-state index in [0.29, 0.717) is 60.1 Å². The molecule has 4 rings (SSSR count). The summed E-state index contributed by atoms with van der Waals surface area (Å²) in [6.45, 7) is 13.8. The molecule has 1 atom stereocenters. The van der Waals surface area contributed by atoms with Crippen LogP contribution in [0.15, 0.2) is 30.6 Å². The van der Waals surface area contributed by atoms with E-state index in [-0.39, 0.29) is 11.0 Å². The number of anilines is 3. The van der Waals surface area contributed by atoms with Gasteiger partial charge in [-0.05, 0) is 41.9 Å². The summed E-state index contributed by atoms with van der Waals surface area (Å²) in [6.07, 6.45) is 1.60. The Morgan fingerprint density at radius 1 is 1.32 bits per heavy atom. The Morgan fingerprint density at radius 3 is 2.70 bits per heavy atom. The van der Waals surface area contributed by atoms with Gasteiger partial charge in [-0.25, -0.2) is 18.7 Å². The van der Waals surface area contributed by atoms with Crippen molar-refractivity contribution in [1.29, 1.82) is 5.26 Å². The van der Waals surface area contributed by atoms with Crippen LogP contribution >= 0.6 is 0 Å². The van der Waals surface area contributed by atoms with Crippen LogP contribution in [0.25, 0.3) is 11.3 Å². The highest BCUT2D eigenvalue weighted by Crippen LogP contribution is 2.46. The van der Waals surface area contributed by atoms with Crippen molar-refractivity contribution in [3.63, 3.8) is 0 Å². The van der Waals surface area contributed by atoms with Gasteiger partial charge in [-0.1, -0.05) is 27.7 Å². The number of carbonyl (C=O) groups is 1. The largest absolute Gasteiger partial charge is 0.416 e. The van der Waals surface area contributed by atoms with Crippen LogP contribution in [0.1, 0.15) is 44.5 Å². The fourth-order valence-electron chi connectivity index (χ4n) is 5.02. The van der Waals surface area contributed by atoms with Crippen LogP contribution in [0.2, 0.25) is 18.1 Å². The standard InChI is InChI=1S/C30H39BF2N7O3Si/c1-29(2,3)44(6,7)43-18-30(4)17-39(31-19-41)27-21(14-34)12-20(13-22(27)30)23-8-10-35-28(37-23)38-24-15-36-40(16-26(32)33)25(24)9-11-42-5/h8,10,12-13,15,19,26H,9,11,16-18H2,1-7H3,(H,35,37,38)/t30-/m1/s1. The summed E-state index contributed by atoms with van der Waals surface area (Å²) in [5.74, 6) is 0.247. The normalized spacial score (nSPS) is 16.6. The maximum atomic E-state index is 13.1. The number of aromatic nitrogens is 4. The Labute approximate surface area is 259 Å². The van der Waals surface area contributed by atoms with Gasteiger partial charge in [0.05, 0.1) is 35.4 Å². The summed E-state index contributed by atoms with van der Waals surface area (Å²) in [6, 6.07) is 7.80. The monoisotopic (exact) mass is 622 g/mol. The van der Waals surface area contributed by atoms with Gasteiger partial charge in [0.2, 0.25) is 5.95 Å². The number of hydrogen-bond acceptors (Lipinski definition) is 9. The lowest BCUT2D eigenvalue weighted by Crippen LogP contribution is -2.46. The molecule has 14 heteroatoms. The minimum absolute atomic E-state index is 0.0167. The molecule has 1 N–H and O–H groups in total. The summed E-state index contributed by atoms with van der Waals surface area (Å²) in [5, 5.41) is 17.4. The maximum Gasteiger partial charge on any atom is 0.329 e. The number of methoxy groups -OCH3 is 1. The molecule has 0 saturated heterocycles. The van der Waals surface area contributed by atoms with E-state index in [4.69, 9.17) is 14.1 Å². The van der Waals surface area contributed by atoms with Gasteiger partial charge in [-0.2, -0.15) is 10.4 Å². The molecular weight excluding hydrogens is 583 g/mol. The molecular formula is C30H39BF2N7O3Si. The summed E-state index contributed by atoms with van der Waals surface area (Å²) in [7, 11) is 0.905. The molecule has 3 heterocycles. The summed E-state index contributed by atoms with van der Waals surface area (Å²) in [4.78, 5) is 22.4. The van der Waals surface area contributed by atoms with Crippen LogP contribution in [0.3, 0.4) is 0 Å². The Bertz CT molecular complexity index is 1540. The summed E-state index contributed by atoms with van der Waals surface area (Å²) < 4.78 is 39.4. The van der Waals surface area contributed by atoms with Gasteiger partial charge >= 0.3 is 7.41 Å². The predicted molar refractivity (Wildman–Crippen MR) is 170 cm³/mol. The van der Waals surface area contributed by atoms with Gasteiger partial charge in [0.25, 0.3) is 6.43 Å². The molecule has 0 fully saturated rings. The molecule has 1 radical (unpaired) electrons. The van der Waals surface area contributed by atoms with Crippen LogP contribution in [0.4, 0.5) is 26.1 Å². The zero-order valence-electron chi connectivity index (χ0n) is 26.3. The molecule has 0 amide bonds. The van der Waals surface area contributed by atoms with Crippen molar-refractivity contribution in [2.75, 3.05) is 37.0 Å². The fraction of sp³-hybridized carbons (Fsp3) is 0.500. The van der Waals surface area contributed by atoms with E-state index in [0.717, 1.165) is 11.7 Å². The smallest absolute Gasteiger partial charge is 0.329 e. The van der Waals surface area contributed by atoms with E-state index in [2.05, 4.69) is 62.3 Å². The first-order chi connectivity index (χ1) is 20.7. The van der Waals surface area contributed by atoms with E-state index < -0.39 is 26.7 Å². The molecule has 0 bridgehead atoms. The third-order valence-electron chi connectivity index (χ3n) is 8.49. The molecule has 10 nitrogen and oxygen atoms in total. The highest BCUT2D eigenvalue weighted by Gasteiger charge is 2.44. The minimum Gasteiger partial charge on any atom is -0.416 e. The average molecular weight is 623 g/mol. The first-order valence-corrected chi connectivity index (χ1v) is 17.3. The number of nitrogens with one attached hydrogen (secondary N) is 1. The van der Waals surface area contributed by atoms with E-state index in [1.54, 1.807) is 25.4 Å². The van der Waals surface area contributed by atoms with Gasteiger partial charge < -0.3 is 24.1 Å². The zero-order valence-corrected chi connectivity index (χ0v) is 27.3. The lowest BCUT2D eigenvalue weighted by molar-refractivity contribution is 0.119. The second kappa shape index (κ2) is 13.1. The first kappa shape index (κ1) is 33.2. The predicted octanol–water partition coefficient (Wildman–Crippen LogP) is 5.32. The van der Waals surface area contributed by atoms with Gasteiger partial charge in [0.1, 0.15) is 18.8 Å². The van der Waals surface area contributed by atoms with Crippen molar-refractivity contribution >= 4 is 39.2 Å². The van der Waals surface area contributed by atoms with Crippen molar-refractivity contribution in [3.8, 4) is 17.3 Å². The molecule has 3 aromatic rings.